The highest BCUT2D eigenvalue weighted by Crippen LogP contribution is 2.24. The molecule has 1 aromatic heterocycles. The topological polar surface area (TPSA) is 28.2 Å². The first-order valence-corrected chi connectivity index (χ1v) is 9.35. The summed E-state index contributed by atoms with van der Waals surface area (Å²) in [7, 11) is 0. The number of hydrogen-bond donors (Lipinski definition) is 1. The van der Waals surface area contributed by atoms with Crippen molar-refractivity contribution in [2.24, 2.45) is 11.8 Å². The van der Waals surface area contributed by atoms with Gasteiger partial charge in [0, 0.05) is 31.1 Å². The zero-order chi connectivity index (χ0) is 15.2. The third-order valence-electron chi connectivity index (χ3n) is 3.91. The van der Waals surface area contributed by atoms with E-state index in [0.717, 1.165) is 37.5 Å². The van der Waals surface area contributed by atoms with Crippen molar-refractivity contribution in [3.63, 3.8) is 0 Å². The summed E-state index contributed by atoms with van der Waals surface area (Å²) in [6, 6.07) is 0.758. The van der Waals surface area contributed by atoms with Gasteiger partial charge in [-0.1, -0.05) is 27.7 Å². The second kappa shape index (κ2) is 8.14. The Morgan fingerprint density at radius 3 is 2.33 bits per heavy atom. The summed E-state index contributed by atoms with van der Waals surface area (Å²) in [5.74, 6) is 1.50. The van der Waals surface area contributed by atoms with Gasteiger partial charge in [0.1, 0.15) is 0 Å². The first-order chi connectivity index (χ1) is 10.0. The van der Waals surface area contributed by atoms with Crippen molar-refractivity contribution in [2.45, 2.75) is 66.0 Å². The van der Waals surface area contributed by atoms with E-state index in [1.54, 1.807) is 0 Å². The lowest BCUT2D eigenvalue weighted by Crippen LogP contribution is -2.27. The zero-order valence-electron chi connectivity index (χ0n) is 14.1. The molecule has 0 saturated heterocycles. The molecular formula is C17H31N3S. The van der Waals surface area contributed by atoms with Crippen LogP contribution in [0.25, 0.3) is 0 Å². The summed E-state index contributed by atoms with van der Waals surface area (Å²) in [6.07, 6.45) is 5.17. The quantitative estimate of drug-likeness (QED) is 0.698. The van der Waals surface area contributed by atoms with Gasteiger partial charge < -0.3 is 10.2 Å². The Morgan fingerprint density at radius 1 is 1.19 bits per heavy atom. The molecule has 21 heavy (non-hydrogen) atoms. The van der Waals surface area contributed by atoms with Crippen LogP contribution in [0, 0.1) is 11.8 Å². The highest BCUT2D eigenvalue weighted by molar-refractivity contribution is 7.13. The summed E-state index contributed by atoms with van der Waals surface area (Å²) in [5.41, 5.74) is 1.21. The van der Waals surface area contributed by atoms with Crippen LogP contribution in [0.15, 0.2) is 5.38 Å². The van der Waals surface area contributed by atoms with Crippen LogP contribution in [0.4, 0.5) is 5.13 Å². The Kier molecular flexibility index (Phi) is 6.49. The molecule has 0 spiro atoms. The Morgan fingerprint density at radius 2 is 1.81 bits per heavy atom. The summed E-state index contributed by atoms with van der Waals surface area (Å²) in [4.78, 5) is 7.34. The van der Waals surface area contributed by atoms with Crippen LogP contribution in [-0.2, 0) is 6.54 Å². The van der Waals surface area contributed by atoms with Gasteiger partial charge in [-0.2, -0.15) is 0 Å². The fourth-order valence-electron chi connectivity index (χ4n) is 2.19. The van der Waals surface area contributed by atoms with Crippen molar-refractivity contribution in [3.05, 3.63) is 11.1 Å². The molecule has 120 valence electrons. The van der Waals surface area contributed by atoms with E-state index >= 15 is 0 Å². The molecule has 0 bridgehead atoms. The fourth-order valence-corrected chi connectivity index (χ4v) is 3.07. The monoisotopic (exact) mass is 309 g/mol. The molecule has 1 N–H and O–H groups in total. The number of hydrogen-bond acceptors (Lipinski definition) is 4. The molecule has 1 fully saturated rings. The lowest BCUT2D eigenvalue weighted by atomic mass is 10.1. The summed E-state index contributed by atoms with van der Waals surface area (Å²) < 4.78 is 0. The van der Waals surface area contributed by atoms with Crippen molar-refractivity contribution in [1.82, 2.24) is 10.3 Å². The minimum absolute atomic E-state index is 0.752. The van der Waals surface area contributed by atoms with E-state index in [1.165, 1.54) is 36.5 Å². The van der Waals surface area contributed by atoms with Crippen LogP contribution >= 0.6 is 11.3 Å². The minimum Gasteiger partial charge on any atom is -0.348 e. The van der Waals surface area contributed by atoms with E-state index in [0.29, 0.717) is 0 Å². The van der Waals surface area contributed by atoms with E-state index in [2.05, 4.69) is 43.3 Å². The molecule has 3 nitrogen and oxygen atoms in total. The first kappa shape index (κ1) is 16.8. The lowest BCUT2D eigenvalue weighted by Gasteiger charge is -2.23. The minimum atomic E-state index is 0.752. The van der Waals surface area contributed by atoms with Gasteiger partial charge in [-0.25, -0.2) is 4.98 Å². The Hall–Kier alpha value is -0.610. The van der Waals surface area contributed by atoms with E-state index in [4.69, 9.17) is 4.98 Å². The molecule has 4 heteroatoms. The number of anilines is 1. The first-order valence-electron chi connectivity index (χ1n) is 8.47. The maximum atomic E-state index is 4.85. The molecule has 1 aliphatic rings. The zero-order valence-corrected chi connectivity index (χ0v) is 14.9. The van der Waals surface area contributed by atoms with E-state index in [-0.39, 0.29) is 0 Å². The molecule has 1 saturated carbocycles. The van der Waals surface area contributed by atoms with Crippen molar-refractivity contribution < 1.29 is 0 Å². The number of nitrogens with one attached hydrogen (secondary N) is 1. The van der Waals surface area contributed by atoms with Gasteiger partial charge >= 0.3 is 0 Å². The van der Waals surface area contributed by atoms with Crippen LogP contribution in [-0.4, -0.2) is 24.1 Å². The third kappa shape index (κ3) is 6.35. The van der Waals surface area contributed by atoms with Gasteiger partial charge in [0.25, 0.3) is 0 Å². The molecule has 1 aromatic rings. The Labute approximate surface area is 134 Å². The van der Waals surface area contributed by atoms with Gasteiger partial charge in [0.05, 0.1) is 5.69 Å². The van der Waals surface area contributed by atoms with Gasteiger partial charge in [-0.05, 0) is 37.5 Å². The van der Waals surface area contributed by atoms with Crippen molar-refractivity contribution >= 4 is 16.5 Å². The third-order valence-corrected chi connectivity index (χ3v) is 4.86. The van der Waals surface area contributed by atoms with E-state index < -0.39 is 0 Å². The normalized spacial score (nSPS) is 15.1. The SMILES string of the molecule is CC(C)CCN(CCC(C)C)c1nc(CNC2CC2)cs1. The molecule has 0 atom stereocenters. The molecule has 0 unspecified atom stereocenters. The lowest BCUT2D eigenvalue weighted by molar-refractivity contribution is 0.534. The Balaban J connectivity index is 1.89. The average molecular weight is 310 g/mol. The Bertz CT molecular complexity index is 398. The van der Waals surface area contributed by atoms with Crippen LogP contribution in [0.5, 0.6) is 0 Å². The average Bonchev–Trinajstić information content (AvgIpc) is 3.14. The predicted molar refractivity (Wildman–Crippen MR) is 93.1 cm³/mol. The molecule has 0 aliphatic heterocycles. The second-order valence-electron chi connectivity index (χ2n) is 7.13. The molecule has 0 aromatic carbocycles. The summed E-state index contributed by atoms with van der Waals surface area (Å²) >= 11 is 1.81. The van der Waals surface area contributed by atoms with Crippen molar-refractivity contribution in [3.8, 4) is 0 Å². The summed E-state index contributed by atoms with van der Waals surface area (Å²) in [6.45, 7) is 12.4. The van der Waals surface area contributed by atoms with Crippen LogP contribution < -0.4 is 10.2 Å². The predicted octanol–water partition coefficient (Wildman–Crippen LogP) is 4.29. The van der Waals surface area contributed by atoms with E-state index in [9.17, 15) is 0 Å². The number of thiazole rings is 1. The molecule has 0 amide bonds. The highest BCUT2D eigenvalue weighted by atomic mass is 32.1. The molecule has 0 radical (unpaired) electrons. The van der Waals surface area contributed by atoms with Crippen molar-refractivity contribution in [2.75, 3.05) is 18.0 Å². The van der Waals surface area contributed by atoms with Crippen LogP contribution in [0.3, 0.4) is 0 Å². The standard InChI is InChI=1S/C17H31N3S/c1-13(2)7-9-20(10-8-14(3)4)17-19-16(12-21-17)11-18-15-5-6-15/h12-15,18H,5-11H2,1-4H3. The van der Waals surface area contributed by atoms with Gasteiger partial charge in [0.2, 0.25) is 0 Å². The molecule has 1 aliphatic carbocycles. The number of aromatic nitrogens is 1. The number of nitrogens with zero attached hydrogens (tertiary/aromatic N) is 2. The molecular weight excluding hydrogens is 278 g/mol. The largest absolute Gasteiger partial charge is 0.348 e. The molecule has 2 rings (SSSR count). The van der Waals surface area contributed by atoms with Crippen molar-refractivity contribution in [1.29, 1.82) is 0 Å². The maximum absolute atomic E-state index is 4.85. The van der Waals surface area contributed by atoms with Crippen LogP contribution in [0.2, 0.25) is 0 Å². The maximum Gasteiger partial charge on any atom is 0.185 e. The molecule has 1 heterocycles. The summed E-state index contributed by atoms with van der Waals surface area (Å²) in [5, 5.41) is 6.99. The smallest absolute Gasteiger partial charge is 0.185 e. The van der Waals surface area contributed by atoms with Gasteiger partial charge in [-0.3, -0.25) is 0 Å². The van der Waals surface area contributed by atoms with Crippen LogP contribution in [0.1, 0.15) is 59.1 Å². The second-order valence-corrected chi connectivity index (χ2v) is 7.97. The van der Waals surface area contributed by atoms with Gasteiger partial charge in [0.15, 0.2) is 5.13 Å². The van der Waals surface area contributed by atoms with E-state index in [1.807, 2.05) is 11.3 Å². The van der Waals surface area contributed by atoms with Gasteiger partial charge in [-0.15, -0.1) is 11.3 Å². The number of rotatable bonds is 10. The highest BCUT2D eigenvalue weighted by Gasteiger charge is 2.20. The fraction of sp³-hybridized carbons (Fsp3) is 0.824.